The van der Waals surface area contributed by atoms with Crippen LogP contribution >= 0.6 is 0 Å². The Bertz CT molecular complexity index is 991. The van der Waals surface area contributed by atoms with Gasteiger partial charge in [0, 0.05) is 12.2 Å². The second-order valence-corrected chi connectivity index (χ2v) is 10.2. The number of ether oxygens (including phenoxy) is 1. The number of nitrogens with one attached hydrogen (secondary N) is 2. The van der Waals surface area contributed by atoms with E-state index in [0.29, 0.717) is 25.1 Å². The van der Waals surface area contributed by atoms with Crippen LogP contribution in [-0.4, -0.2) is 52.2 Å². The highest BCUT2D eigenvalue weighted by molar-refractivity contribution is 6.07. The van der Waals surface area contributed by atoms with Crippen LogP contribution in [0.15, 0.2) is 24.3 Å². The van der Waals surface area contributed by atoms with Crippen molar-refractivity contribution in [2.24, 2.45) is 28.4 Å². The van der Waals surface area contributed by atoms with Crippen molar-refractivity contribution in [1.29, 1.82) is 0 Å². The molecule has 35 heavy (non-hydrogen) atoms. The molecule has 6 N–H and O–H groups in total. The number of carboxylic acids is 2. The van der Waals surface area contributed by atoms with Crippen LogP contribution in [-0.2, 0) is 30.3 Å². The van der Waals surface area contributed by atoms with Crippen LogP contribution in [0.2, 0.25) is 0 Å². The molecule has 0 aliphatic heterocycles. The van der Waals surface area contributed by atoms with Gasteiger partial charge >= 0.3 is 18.0 Å². The number of rotatable bonds is 9. The Balaban J connectivity index is 2.03. The number of carbonyl (C=O) groups excluding carboxylic acids is 3. The monoisotopic (exact) mass is 491 g/mol. The number of anilines is 1. The van der Waals surface area contributed by atoms with Gasteiger partial charge in [0.2, 0.25) is 11.8 Å². The molecule has 0 radical (unpaired) electrons. The lowest BCUT2D eigenvalue weighted by molar-refractivity contribution is -0.213. The van der Waals surface area contributed by atoms with E-state index in [9.17, 15) is 34.2 Å². The number of amides is 3. The van der Waals surface area contributed by atoms with Crippen molar-refractivity contribution in [1.82, 2.24) is 5.32 Å². The number of nitrogens with two attached hydrogens (primary N) is 1. The Kier molecular flexibility index (Phi) is 7.83. The first kappa shape index (κ1) is 27.6. The first-order valence-electron chi connectivity index (χ1n) is 11.2. The number of benzene rings is 1. The molecule has 0 saturated heterocycles. The third-order valence-corrected chi connectivity index (χ3v) is 6.44. The second-order valence-electron chi connectivity index (χ2n) is 10.2. The molecule has 0 heterocycles. The van der Waals surface area contributed by atoms with E-state index in [1.165, 1.54) is 6.92 Å². The molecule has 2 atom stereocenters. The summed E-state index contributed by atoms with van der Waals surface area (Å²) in [5.41, 5.74) is 2.23. The van der Waals surface area contributed by atoms with Gasteiger partial charge in [-0.1, -0.05) is 12.1 Å². The maximum absolute atomic E-state index is 13.1. The zero-order valence-electron chi connectivity index (χ0n) is 20.5. The lowest BCUT2D eigenvalue weighted by Crippen LogP contribution is -2.74. The molecule has 1 fully saturated rings. The van der Waals surface area contributed by atoms with Gasteiger partial charge in [0.15, 0.2) is 0 Å². The number of carboxylic acid groups (broad SMARTS) is 2. The van der Waals surface area contributed by atoms with Crippen LogP contribution in [0.4, 0.5) is 10.5 Å². The number of hydrogen-bond donors (Lipinski definition) is 5. The standard InChI is InChI=1S/C24H33N3O8/c1-22(2,3)35-21(34)26-12-6-7-13-8-10-14(11-9-13)27-20(33)24(5)15(17(28)29)23(4,19(25)32)16(24)18(30)31/h8-11,15-16H,6-7,12H2,1-5H3,(H2,25,32)(H,26,34)(H,27,33)(H,28,29)(H,30,31). The van der Waals surface area contributed by atoms with Crippen molar-refractivity contribution in [3.8, 4) is 0 Å². The van der Waals surface area contributed by atoms with Gasteiger partial charge < -0.3 is 31.3 Å². The fourth-order valence-electron chi connectivity index (χ4n) is 4.87. The third-order valence-electron chi connectivity index (χ3n) is 6.44. The largest absolute Gasteiger partial charge is 0.481 e. The summed E-state index contributed by atoms with van der Waals surface area (Å²) in [6, 6.07) is 6.72. The maximum atomic E-state index is 13.1. The van der Waals surface area contributed by atoms with Gasteiger partial charge in [-0.05, 0) is 65.2 Å². The van der Waals surface area contributed by atoms with Crippen LogP contribution in [0.1, 0.15) is 46.6 Å². The minimum Gasteiger partial charge on any atom is -0.481 e. The van der Waals surface area contributed by atoms with Crippen LogP contribution in [0, 0.1) is 22.7 Å². The molecule has 1 saturated carbocycles. The topological polar surface area (TPSA) is 185 Å². The smallest absolute Gasteiger partial charge is 0.407 e. The summed E-state index contributed by atoms with van der Waals surface area (Å²) in [6.45, 7) is 8.12. The molecule has 192 valence electrons. The van der Waals surface area contributed by atoms with Gasteiger partial charge in [0.1, 0.15) is 5.60 Å². The summed E-state index contributed by atoms with van der Waals surface area (Å²) < 4.78 is 5.17. The van der Waals surface area contributed by atoms with E-state index < -0.39 is 58.1 Å². The van der Waals surface area contributed by atoms with Crippen LogP contribution in [0.5, 0.6) is 0 Å². The van der Waals surface area contributed by atoms with Crippen molar-refractivity contribution in [3.63, 3.8) is 0 Å². The van der Waals surface area contributed by atoms with Crippen molar-refractivity contribution in [2.75, 3.05) is 11.9 Å². The molecule has 2 unspecified atom stereocenters. The molecule has 1 aliphatic rings. The van der Waals surface area contributed by atoms with Crippen LogP contribution in [0.25, 0.3) is 0 Å². The predicted octanol–water partition coefficient (Wildman–Crippen LogP) is 2.00. The molecule has 1 aromatic rings. The summed E-state index contributed by atoms with van der Waals surface area (Å²) in [5.74, 6) is -8.08. The number of hydrogen-bond acceptors (Lipinski definition) is 6. The predicted molar refractivity (Wildman–Crippen MR) is 125 cm³/mol. The molecule has 11 heteroatoms. The van der Waals surface area contributed by atoms with Crippen LogP contribution < -0.4 is 16.4 Å². The lowest BCUT2D eigenvalue weighted by Gasteiger charge is -2.59. The Morgan fingerprint density at radius 1 is 0.971 bits per heavy atom. The quantitative estimate of drug-likeness (QED) is 0.325. The fourth-order valence-corrected chi connectivity index (χ4v) is 4.87. The Morgan fingerprint density at radius 3 is 1.91 bits per heavy atom. The van der Waals surface area contributed by atoms with Gasteiger partial charge in [-0.15, -0.1) is 0 Å². The van der Waals surface area contributed by atoms with Gasteiger partial charge in [-0.2, -0.15) is 0 Å². The Morgan fingerprint density at radius 2 is 1.49 bits per heavy atom. The maximum Gasteiger partial charge on any atom is 0.407 e. The molecule has 3 amide bonds. The van der Waals surface area contributed by atoms with E-state index >= 15 is 0 Å². The zero-order valence-corrected chi connectivity index (χ0v) is 20.5. The third kappa shape index (κ3) is 5.55. The van der Waals surface area contributed by atoms with E-state index in [1.807, 2.05) is 0 Å². The Hall–Kier alpha value is -3.63. The molecular formula is C24H33N3O8. The minimum atomic E-state index is -1.92. The average Bonchev–Trinajstić information content (AvgIpc) is 2.69. The first-order chi connectivity index (χ1) is 16.0. The highest BCUT2D eigenvalue weighted by atomic mass is 16.6. The molecule has 1 aliphatic carbocycles. The lowest BCUT2D eigenvalue weighted by atomic mass is 9.39. The number of alkyl carbamates (subject to hydrolysis) is 1. The molecule has 0 spiro atoms. The van der Waals surface area contributed by atoms with E-state index in [-0.39, 0.29) is 0 Å². The number of primary amides is 1. The van der Waals surface area contributed by atoms with E-state index in [0.717, 1.165) is 12.5 Å². The highest BCUT2D eigenvalue weighted by Crippen LogP contribution is 2.64. The Labute approximate surface area is 203 Å². The fraction of sp³-hybridized carbons (Fsp3) is 0.542. The highest BCUT2D eigenvalue weighted by Gasteiger charge is 2.77. The van der Waals surface area contributed by atoms with Crippen molar-refractivity contribution in [3.05, 3.63) is 29.8 Å². The van der Waals surface area contributed by atoms with Gasteiger partial charge in [-0.3, -0.25) is 19.2 Å². The second kappa shape index (κ2) is 9.93. The molecule has 11 nitrogen and oxygen atoms in total. The number of aryl methyl sites for hydroxylation is 1. The normalized spacial score (nSPS) is 25.6. The molecule has 0 bridgehead atoms. The van der Waals surface area contributed by atoms with Crippen LogP contribution in [0.3, 0.4) is 0 Å². The molecular weight excluding hydrogens is 458 g/mol. The summed E-state index contributed by atoms with van der Waals surface area (Å²) in [7, 11) is 0. The van der Waals surface area contributed by atoms with Crippen molar-refractivity contribution < 1.29 is 38.9 Å². The van der Waals surface area contributed by atoms with Gasteiger partial charge in [0.25, 0.3) is 0 Å². The average molecular weight is 492 g/mol. The summed E-state index contributed by atoms with van der Waals surface area (Å²) in [5, 5.41) is 24.6. The molecule has 2 rings (SSSR count). The van der Waals surface area contributed by atoms with E-state index in [1.54, 1.807) is 45.0 Å². The van der Waals surface area contributed by atoms with Gasteiger partial charge in [0.05, 0.1) is 22.7 Å². The van der Waals surface area contributed by atoms with Gasteiger partial charge in [-0.25, -0.2) is 4.79 Å². The van der Waals surface area contributed by atoms with E-state index in [4.69, 9.17) is 10.5 Å². The first-order valence-corrected chi connectivity index (χ1v) is 11.2. The minimum absolute atomic E-state index is 0.341. The SMILES string of the molecule is CC(C)(C)OC(=O)NCCCc1ccc(NC(=O)C2(C)C(C(=O)O)C(C)(C(N)=O)C2C(=O)O)cc1. The molecule has 1 aromatic carbocycles. The summed E-state index contributed by atoms with van der Waals surface area (Å²) >= 11 is 0. The number of carbonyl (C=O) groups is 5. The number of aliphatic carboxylic acids is 2. The summed E-state index contributed by atoms with van der Waals surface area (Å²) in [6.07, 6.45) is 0.794. The van der Waals surface area contributed by atoms with Crippen molar-refractivity contribution >= 4 is 35.5 Å². The van der Waals surface area contributed by atoms with E-state index in [2.05, 4.69) is 10.6 Å². The summed E-state index contributed by atoms with van der Waals surface area (Å²) in [4.78, 5) is 60.5. The molecule has 0 aromatic heterocycles. The van der Waals surface area contributed by atoms with Crippen molar-refractivity contribution in [2.45, 2.75) is 53.1 Å². The zero-order chi connectivity index (χ0) is 26.8.